The number of amides is 1. The minimum absolute atomic E-state index is 0.171. The average molecular weight is 357 g/mol. The molecule has 0 fully saturated rings. The van der Waals surface area contributed by atoms with Gasteiger partial charge in [0.05, 0.1) is 5.56 Å². The number of hydrogen-bond acceptors (Lipinski definition) is 1. The zero-order chi connectivity index (χ0) is 14.5. The van der Waals surface area contributed by atoms with Crippen LogP contribution in [0.15, 0.2) is 46.9 Å². The molecule has 1 N–H and O–H groups in total. The number of carbonyl (C=O) groups excluding carboxylic acids is 1. The number of benzene rings is 2. The van der Waals surface area contributed by atoms with Gasteiger partial charge in [0.1, 0.15) is 5.82 Å². The number of halogens is 3. The molecule has 5 heteroatoms. The van der Waals surface area contributed by atoms with Crippen LogP contribution in [0.4, 0.5) is 4.39 Å². The Labute approximate surface area is 130 Å². The van der Waals surface area contributed by atoms with Gasteiger partial charge < -0.3 is 5.32 Å². The lowest BCUT2D eigenvalue weighted by molar-refractivity contribution is 0.0953. The van der Waals surface area contributed by atoms with E-state index in [0.717, 1.165) is 5.56 Å². The fourth-order valence-corrected chi connectivity index (χ4v) is 2.60. The van der Waals surface area contributed by atoms with Crippen molar-refractivity contribution in [3.63, 3.8) is 0 Å². The molecule has 0 heterocycles. The van der Waals surface area contributed by atoms with Crippen LogP contribution in [0.2, 0.25) is 5.02 Å². The van der Waals surface area contributed by atoms with E-state index in [1.54, 1.807) is 30.3 Å². The van der Waals surface area contributed by atoms with Crippen molar-refractivity contribution in [2.75, 3.05) is 6.54 Å². The minimum atomic E-state index is -0.261. The quantitative estimate of drug-likeness (QED) is 0.873. The van der Waals surface area contributed by atoms with Crippen molar-refractivity contribution in [1.29, 1.82) is 0 Å². The molecular formula is C15H12BrClFNO. The normalized spacial score (nSPS) is 10.3. The van der Waals surface area contributed by atoms with Crippen molar-refractivity contribution in [2.45, 2.75) is 6.42 Å². The largest absolute Gasteiger partial charge is 0.352 e. The average Bonchev–Trinajstić information content (AvgIpc) is 2.41. The molecule has 0 spiro atoms. The van der Waals surface area contributed by atoms with E-state index in [-0.39, 0.29) is 11.7 Å². The summed E-state index contributed by atoms with van der Waals surface area (Å²) < 4.78 is 13.4. The topological polar surface area (TPSA) is 29.1 Å². The molecule has 0 radical (unpaired) electrons. The number of rotatable bonds is 4. The maximum absolute atomic E-state index is 12.7. The summed E-state index contributed by atoms with van der Waals surface area (Å²) in [6, 6.07) is 11.2. The second kappa shape index (κ2) is 6.86. The summed E-state index contributed by atoms with van der Waals surface area (Å²) in [5, 5.41) is 3.39. The number of nitrogens with one attached hydrogen (secondary N) is 1. The lowest BCUT2D eigenvalue weighted by Crippen LogP contribution is -2.26. The number of carbonyl (C=O) groups is 1. The van der Waals surface area contributed by atoms with Crippen molar-refractivity contribution >= 4 is 33.4 Å². The predicted molar refractivity (Wildman–Crippen MR) is 81.6 cm³/mol. The smallest absolute Gasteiger partial charge is 0.252 e. The fourth-order valence-electron chi connectivity index (χ4n) is 1.74. The molecule has 2 nitrogen and oxygen atoms in total. The molecule has 104 valence electrons. The Bertz CT molecular complexity index is 616. The standard InChI is InChI=1S/C15H12BrClFNO/c16-14-9-11(17)3-6-13(14)15(20)19-8-7-10-1-4-12(18)5-2-10/h1-6,9H,7-8H2,(H,19,20). The molecule has 2 aromatic rings. The maximum Gasteiger partial charge on any atom is 0.252 e. The molecule has 0 unspecified atom stereocenters. The van der Waals surface area contributed by atoms with Crippen LogP contribution in [0.25, 0.3) is 0 Å². The molecule has 20 heavy (non-hydrogen) atoms. The summed E-state index contributed by atoms with van der Waals surface area (Å²) >= 11 is 9.13. The Morgan fingerprint density at radius 3 is 2.55 bits per heavy atom. The van der Waals surface area contributed by atoms with Crippen LogP contribution in [0.3, 0.4) is 0 Å². The Morgan fingerprint density at radius 1 is 1.20 bits per heavy atom. The van der Waals surface area contributed by atoms with E-state index < -0.39 is 0 Å². The van der Waals surface area contributed by atoms with E-state index in [4.69, 9.17) is 11.6 Å². The summed E-state index contributed by atoms with van der Waals surface area (Å²) in [7, 11) is 0. The third-order valence-corrected chi connectivity index (χ3v) is 3.68. The second-order valence-electron chi connectivity index (χ2n) is 4.26. The minimum Gasteiger partial charge on any atom is -0.352 e. The molecule has 0 atom stereocenters. The SMILES string of the molecule is O=C(NCCc1ccc(F)cc1)c1ccc(Cl)cc1Br. The fraction of sp³-hybridized carbons (Fsp3) is 0.133. The van der Waals surface area contributed by atoms with E-state index >= 15 is 0 Å². The zero-order valence-corrected chi connectivity index (χ0v) is 12.8. The molecule has 0 aliphatic heterocycles. The van der Waals surface area contributed by atoms with Gasteiger partial charge in [0.2, 0.25) is 0 Å². The van der Waals surface area contributed by atoms with Crippen molar-refractivity contribution < 1.29 is 9.18 Å². The van der Waals surface area contributed by atoms with Crippen molar-refractivity contribution in [3.8, 4) is 0 Å². The van der Waals surface area contributed by atoms with Gasteiger partial charge in [-0.25, -0.2) is 4.39 Å². The van der Waals surface area contributed by atoms with E-state index in [2.05, 4.69) is 21.2 Å². The molecule has 0 saturated heterocycles. The van der Waals surface area contributed by atoms with Crippen LogP contribution in [-0.4, -0.2) is 12.5 Å². The lowest BCUT2D eigenvalue weighted by Gasteiger charge is -2.07. The third-order valence-electron chi connectivity index (χ3n) is 2.79. The zero-order valence-electron chi connectivity index (χ0n) is 10.5. The van der Waals surface area contributed by atoms with E-state index in [1.165, 1.54) is 12.1 Å². The Balaban J connectivity index is 1.90. The first kappa shape index (κ1) is 15.0. The highest BCUT2D eigenvalue weighted by Gasteiger charge is 2.09. The van der Waals surface area contributed by atoms with Crippen LogP contribution in [0.1, 0.15) is 15.9 Å². The van der Waals surface area contributed by atoms with Gasteiger partial charge in [0, 0.05) is 16.0 Å². The van der Waals surface area contributed by atoms with Gasteiger partial charge in [-0.15, -0.1) is 0 Å². The van der Waals surface area contributed by atoms with Gasteiger partial charge in [-0.1, -0.05) is 23.7 Å². The molecule has 1 amide bonds. The van der Waals surface area contributed by atoms with Crippen LogP contribution < -0.4 is 5.32 Å². The maximum atomic E-state index is 12.7. The van der Waals surface area contributed by atoms with E-state index in [9.17, 15) is 9.18 Å². The van der Waals surface area contributed by atoms with E-state index in [1.807, 2.05) is 0 Å². The second-order valence-corrected chi connectivity index (χ2v) is 5.55. The van der Waals surface area contributed by atoms with Crippen molar-refractivity contribution in [3.05, 3.63) is 68.9 Å². The van der Waals surface area contributed by atoms with Gasteiger partial charge in [0.25, 0.3) is 5.91 Å². The van der Waals surface area contributed by atoms with Crippen molar-refractivity contribution in [2.24, 2.45) is 0 Å². The predicted octanol–water partition coefficient (Wildman–Crippen LogP) is 4.21. The summed E-state index contributed by atoms with van der Waals surface area (Å²) in [6.45, 7) is 0.486. The first-order valence-corrected chi connectivity index (χ1v) is 7.21. The monoisotopic (exact) mass is 355 g/mol. The highest BCUT2D eigenvalue weighted by molar-refractivity contribution is 9.10. The molecule has 0 saturated carbocycles. The van der Waals surface area contributed by atoms with Gasteiger partial charge in [-0.05, 0) is 58.2 Å². The van der Waals surface area contributed by atoms with Crippen molar-refractivity contribution in [1.82, 2.24) is 5.32 Å². The Morgan fingerprint density at radius 2 is 1.90 bits per heavy atom. The summed E-state index contributed by atoms with van der Waals surface area (Å²) in [6.07, 6.45) is 0.650. The summed E-state index contributed by atoms with van der Waals surface area (Å²) in [5.74, 6) is -0.432. The first-order valence-electron chi connectivity index (χ1n) is 6.04. The van der Waals surface area contributed by atoms with E-state index in [0.29, 0.717) is 28.0 Å². The Hall–Kier alpha value is -1.39. The van der Waals surface area contributed by atoms with Gasteiger partial charge in [-0.2, -0.15) is 0 Å². The van der Waals surface area contributed by atoms with Crippen LogP contribution in [0.5, 0.6) is 0 Å². The highest BCUT2D eigenvalue weighted by atomic mass is 79.9. The molecule has 0 aromatic heterocycles. The molecule has 0 bridgehead atoms. The Kier molecular flexibility index (Phi) is 5.15. The third kappa shape index (κ3) is 4.05. The highest BCUT2D eigenvalue weighted by Crippen LogP contribution is 2.21. The van der Waals surface area contributed by atoms with Gasteiger partial charge in [0.15, 0.2) is 0 Å². The summed E-state index contributed by atoms with van der Waals surface area (Å²) in [4.78, 5) is 12.0. The molecule has 0 aliphatic rings. The van der Waals surface area contributed by atoms with Crippen LogP contribution in [-0.2, 0) is 6.42 Å². The summed E-state index contributed by atoms with van der Waals surface area (Å²) in [5.41, 5.74) is 1.51. The van der Waals surface area contributed by atoms with Crippen LogP contribution in [0, 0.1) is 5.82 Å². The number of hydrogen-bond donors (Lipinski definition) is 1. The first-order chi connectivity index (χ1) is 9.56. The molecular weight excluding hydrogens is 345 g/mol. The van der Waals surface area contributed by atoms with Gasteiger partial charge >= 0.3 is 0 Å². The molecule has 2 rings (SSSR count). The molecule has 0 aliphatic carbocycles. The lowest BCUT2D eigenvalue weighted by atomic mass is 10.1. The van der Waals surface area contributed by atoms with Gasteiger partial charge in [-0.3, -0.25) is 4.79 Å². The van der Waals surface area contributed by atoms with Crippen LogP contribution >= 0.6 is 27.5 Å². The molecule has 2 aromatic carbocycles.